The van der Waals surface area contributed by atoms with Crippen LogP contribution in [0.5, 0.6) is 0 Å². The second-order valence-electron chi connectivity index (χ2n) is 4.72. The summed E-state index contributed by atoms with van der Waals surface area (Å²) in [4.78, 5) is 6.57. The largest absolute Gasteiger partial charge is 0.393 e. The fourth-order valence-electron chi connectivity index (χ4n) is 2.34. The molecule has 2 rings (SSSR count). The number of hydrogen-bond acceptors (Lipinski definition) is 3. The first-order valence-corrected chi connectivity index (χ1v) is 6.05. The molecule has 1 aliphatic rings. The first-order chi connectivity index (χ1) is 7.75. The fraction of sp³-hybridized carbons (Fsp3) is 0.615. The normalized spacial score (nSPS) is 20.9. The van der Waals surface area contributed by atoms with E-state index in [-0.39, 0.29) is 6.10 Å². The van der Waals surface area contributed by atoms with Crippen molar-refractivity contribution < 1.29 is 5.11 Å². The van der Waals surface area contributed by atoms with Gasteiger partial charge in [0.25, 0.3) is 0 Å². The van der Waals surface area contributed by atoms with E-state index in [0.717, 1.165) is 32.5 Å². The van der Waals surface area contributed by atoms with Crippen LogP contribution in [0.15, 0.2) is 24.5 Å². The van der Waals surface area contributed by atoms with Gasteiger partial charge in [-0.1, -0.05) is 6.07 Å². The topological polar surface area (TPSA) is 36.4 Å². The molecule has 0 bridgehead atoms. The molecule has 0 aromatic carbocycles. The molecule has 0 radical (unpaired) electrons. The van der Waals surface area contributed by atoms with E-state index in [1.165, 1.54) is 5.56 Å². The van der Waals surface area contributed by atoms with Crippen LogP contribution in [0.1, 0.15) is 25.3 Å². The van der Waals surface area contributed by atoms with Gasteiger partial charge in [-0.3, -0.25) is 9.88 Å². The van der Waals surface area contributed by atoms with Crippen LogP contribution in [0, 0.1) is 5.92 Å². The van der Waals surface area contributed by atoms with Crippen LogP contribution >= 0.6 is 0 Å². The zero-order chi connectivity index (χ0) is 11.4. The number of likely N-dealkylation sites (tertiary alicyclic amines) is 1. The van der Waals surface area contributed by atoms with Gasteiger partial charge in [-0.2, -0.15) is 0 Å². The second-order valence-corrected chi connectivity index (χ2v) is 4.72. The maximum Gasteiger partial charge on any atom is 0.0541 e. The van der Waals surface area contributed by atoms with Crippen LogP contribution in [0.2, 0.25) is 0 Å². The molecule has 1 aliphatic heterocycles. The molecule has 1 saturated heterocycles. The number of aliphatic hydroxyl groups is 1. The Balaban J connectivity index is 1.82. The first kappa shape index (κ1) is 11.6. The monoisotopic (exact) mass is 220 g/mol. The molecule has 1 fully saturated rings. The van der Waals surface area contributed by atoms with E-state index in [1.807, 2.05) is 25.4 Å². The highest BCUT2D eigenvalue weighted by Crippen LogP contribution is 2.21. The highest BCUT2D eigenvalue weighted by Gasteiger charge is 2.22. The maximum atomic E-state index is 9.52. The number of aromatic nitrogens is 1. The molecule has 1 aromatic heterocycles. The number of hydrogen-bond donors (Lipinski definition) is 1. The summed E-state index contributed by atoms with van der Waals surface area (Å²) < 4.78 is 0. The van der Waals surface area contributed by atoms with Gasteiger partial charge in [-0.25, -0.2) is 0 Å². The van der Waals surface area contributed by atoms with Crippen molar-refractivity contribution in [2.75, 3.05) is 13.1 Å². The van der Waals surface area contributed by atoms with Crippen LogP contribution < -0.4 is 0 Å². The summed E-state index contributed by atoms with van der Waals surface area (Å²) in [5.41, 5.74) is 1.28. The highest BCUT2D eigenvalue weighted by molar-refractivity contribution is 5.08. The lowest BCUT2D eigenvalue weighted by atomic mass is 9.92. The van der Waals surface area contributed by atoms with Gasteiger partial charge in [0, 0.05) is 18.9 Å². The summed E-state index contributed by atoms with van der Waals surface area (Å²) in [7, 11) is 0. The van der Waals surface area contributed by atoms with Crippen LogP contribution in [0.4, 0.5) is 0 Å². The van der Waals surface area contributed by atoms with Gasteiger partial charge in [0.2, 0.25) is 0 Å². The Morgan fingerprint density at radius 3 is 2.81 bits per heavy atom. The first-order valence-electron chi connectivity index (χ1n) is 6.05. The average molecular weight is 220 g/mol. The third-order valence-electron chi connectivity index (χ3n) is 3.44. The van der Waals surface area contributed by atoms with Crippen molar-refractivity contribution in [3.05, 3.63) is 30.1 Å². The van der Waals surface area contributed by atoms with E-state index < -0.39 is 0 Å². The summed E-state index contributed by atoms with van der Waals surface area (Å²) in [5.74, 6) is 0.491. The quantitative estimate of drug-likeness (QED) is 0.842. The molecule has 88 valence electrons. The van der Waals surface area contributed by atoms with E-state index in [9.17, 15) is 5.11 Å². The van der Waals surface area contributed by atoms with Gasteiger partial charge in [-0.15, -0.1) is 0 Å². The zero-order valence-electron chi connectivity index (χ0n) is 9.84. The lowest BCUT2D eigenvalue weighted by Gasteiger charge is -2.33. The number of rotatable bonds is 3. The molecule has 0 saturated carbocycles. The molecule has 3 heteroatoms. The predicted octanol–water partition coefficient (Wildman–Crippen LogP) is 1.67. The van der Waals surface area contributed by atoms with Crippen molar-refractivity contribution >= 4 is 0 Å². The molecule has 1 aromatic rings. The summed E-state index contributed by atoms with van der Waals surface area (Å²) in [5, 5.41) is 9.52. The fourth-order valence-corrected chi connectivity index (χ4v) is 2.34. The number of aliphatic hydroxyl groups excluding tert-OH is 1. The van der Waals surface area contributed by atoms with E-state index >= 15 is 0 Å². The minimum absolute atomic E-state index is 0.152. The van der Waals surface area contributed by atoms with Crippen molar-refractivity contribution in [3.63, 3.8) is 0 Å². The predicted molar refractivity (Wildman–Crippen MR) is 63.9 cm³/mol. The maximum absolute atomic E-state index is 9.52. The third-order valence-corrected chi connectivity index (χ3v) is 3.44. The second kappa shape index (κ2) is 5.41. The van der Waals surface area contributed by atoms with Crippen molar-refractivity contribution in [2.45, 2.75) is 32.4 Å². The molecule has 0 aliphatic carbocycles. The Morgan fingerprint density at radius 1 is 1.50 bits per heavy atom. The average Bonchev–Trinajstić information content (AvgIpc) is 2.31. The van der Waals surface area contributed by atoms with Crippen LogP contribution in [0.25, 0.3) is 0 Å². The van der Waals surface area contributed by atoms with Gasteiger partial charge in [0.15, 0.2) is 0 Å². The number of piperidine rings is 1. The van der Waals surface area contributed by atoms with Gasteiger partial charge in [-0.05, 0) is 50.4 Å². The molecule has 0 spiro atoms. The Morgan fingerprint density at radius 2 is 2.25 bits per heavy atom. The van der Waals surface area contributed by atoms with Gasteiger partial charge < -0.3 is 5.11 Å². The summed E-state index contributed by atoms with van der Waals surface area (Å²) in [6.45, 7) is 5.07. The van der Waals surface area contributed by atoms with Crippen LogP contribution in [0.3, 0.4) is 0 Å². The Kier molecular flexibility index (Phi) is 3.91. The SMILES string of the molecule is CC(O)C1CCN(Cc2cccnc2)CC1. The molecular formula is C13H20N2O. The van der Waals surface area contributed by atoms with Gasteiger partial charge >= 0.3 is 0 Å². The number of pyridine rings is 1. The van der Waals surface area contributed by atoms with Crippen LogP contribution in [-0.4, -0.2) is 34.2 Å². The molecule has 3 nitrogen and oxygen atoms in total. The molecule has 0 amide bonds. The van der Waals surface area contributed by atoms with Crippen molar-refractivity contribution in [1.29, 1.82) is 0 Å². The third kappa shape index (κ3) is 3.03. The summed E-state index contributed by atoms with van der Waals surface area (Å²) in [6, 6.07) is 4.10. The summed E-state index contributed by atoms with van der Waals surface area (Å²) >= 11 is 0. The molecule has 1 unspecified atom stereocenters. The van der Waals surface area contributed by atoms with Gasteiger partial charge in [0.1, 0.15) is 0 Å². The van der Waals surface area contributed by atoms with Crippen LogP contribution in [-0.2, 0) is 6.54 Å². The molecular weight excluding hydrogens is 200 g/mol. The molecule has 16 heavy (non-hydrogen) atoms. The van der Waals surface area contributed by atoms with E-state index in [4.69, 9.17) is 0 Å². The Bertz CT molecular complexity index is 305. The number of nitrogens with zero attached hydrogens (tertiary/aromatic N) is 2. The molecule has 2 heterocycles. The van der Waals surface area contributed by atoms with E-state index in [0.29, 0.717) is 5.92 Å². The Hall–Kier alpha value is -0.930. The van der Waals surface area contributed by atoms with Crippen molar-refractivity contribution in [1.82, 2.24) is 9.88 Å². The molecule has 1 N–H and O–H groups in total. The lowest BCUT2D eigenvalue weighted by molar-refractivity contribution is 0.0695. The van der Waals surface area contributed by atoms with Crippen molar-refractivity contribution in [2.24, 2.45) is 5.92 Å². The molecule has 1 atom stereocenters. The summed E-state index contributed by atoms with van der Waals surface area (Å²) in [6.07, 6.45) is 5.81. The van der Waals surface area contributed by atoms with Crippen molar-refractivity contribution in [3.8, 4) is 0 Å². The van der Waals surface area contributed by atoms with E-state index in [2.05, 4.69) is 16.0 Å². The Labute approximate surface area is 97.1 Å². The van der Waals surface area contributed by atoms with Gasteiger partial charge in [0.05, 0.1) is 6.10 Å². The standard InChI is InChI=1S/C13H20N2O/c1-11(16)13-4-7-15(8-5-13)10-12-3-2-6-14-9-12/h2-3,6,9,11,13,16H,4-5,7-8,10H2,1H3. The van der Waals surface area contributed by atoms with E-state index in [1.54, 1.807) is 0 Å². The minimum Gasteiger partial charge on any atom is -0.393 e. The zero-order valence-corrected chi connectivity index (χ0v) is 9.84. The smallest absolute Gasteiger partial charge is 0.0541 e. The minimum atomic E-state index is -0.152. The highest BCUT2D eigenvalue weighted by atomic mass is 16.3. The lowest BCUT2D eigenvalue weighted by Crippen LogP contribution is -2.36.